The number of benzene rings is 2. The van der Waals surface area contributed by atoms with Crippen LogP contribution in [0.2, 0.25) is 0 Å². The lowest BCUT2D eigenvalue weighted by atomic mass is 9.95. The third kappa shape index (κ3) is 5.16. The minimum Gasteiger partial charge on any atom is -0.354 e. The quantitative estimate of drug-likeness (QED) is 0.670. The Labute approximate surface area is 171 Å². The molecular formula is C21H26N2O3S2. The number of thioether (sulfide) groups is 1. The smallest absolute Gasteiger partial charge is 0.238 e. The highest BCUT2D eigenvalue weighted by molar-refractivity contribution is 7.98. The van der Waals surface area contributed by atoms with Gasteiger partial charge in [0.1, 0.15) is 6.04 Å². The van der Waals surface area contributed by atoms with Gasteiger partial charge in [-0.15, -0.1) is 0 Å². The molecule has 5 nitrogen and oxygen atoms in total. The first-order chi connectivity index (χ1) is 13.5. The largest absolute Gasteiger partial charge is 0.354 e. The second-order valence-corrected chi connectivity index (χ2v) is 10.1. The molecule has 1 atom stereocenters. The molecule has 0 bridgehead atoms. The summed E-state index contributed by atoms with van der Waals surface area (Å²) in [7, 11) is -3.46. The van der Waals surface area contributed by atoms with Gasteiger partial charge in [-0.25, -0.2) is 8.42 Å². The Morgan fingerprint density at radius 2 is 1.79 bits per heavy atom. The topological polar surface area (TPSA) is 66.5 Å². The van der Waals surface area contributed by atoms with Gasteiger partial charge in [-0.05, 0) is 30.0 Å². The van der Waals surface area contributed by atoms with Crippen molar-refractivity contribution in [2.45, 2.75) is 31.7 Å². The van der Waals surface area contributed by atoms with Gasteiger partial charge < -0.3 is 5.32 Å². The van der Waals surface area contributed by atoms with E-state index in [1.807, 2.05) is 42.5 Å². The maximum atomic E-state index is 12.8. The maximum absolute atomic E-state index is 12.8. The van der Waals surface area contributed by atoms with E-state index in [-0.39, 0.29) is 18.2 Å². The molecule has 1 N–H and O–H groups in total. The summed E-state index contributed by atoms with van der Waals surface area (Å²) in [6.07, 6.45) is 0.415. The van der Waals surface area contributed by atoms with Gasteiger partial charge in [-0.1, -0.05) is 54.6 Å². The molecule has 1 heterocycles. The minimum absolute atomic E-state index is 0.00806. The zero-order chi connectivity index (χ0) is 20.0. The Kier molecular flexibility index (Phi) is 7.15. The number of carbonyl (C=O) groups is 1. The van der Waals surface area contributed by atoms with E-state index < -0.39 is 16.1 Å². The summed E-state index contributed by atoms with van der Waals surface area (Å²) in [5.41, 5.74) is 3.27. The van der Waals surface area contributed by atoms with Crippen LogP contribution in [0.4, 0.5) is 0 Å². The van der Waals surface area contributed by atoms with Crippen LogP contribution >= 0.6 is 11.8 Å². The highest BCUT2D eigenvalue weighted by Gasteiger charge is 2.37. The lowest BCUT2D eigenvalue weighted by molar-refractivity contribution is -0.125. The van der Waals surface area contributed by atoms with Crippen LogP contribution in [-0.2, 0) is 33.5 Å². The lowest BCUT2D eigenvalue weighted by Crippen LogP contribution is -2.53. The van der Waals surface area contributed by atoms with Crippen LogP contribution in [0.1, 0.15) is 23.6 Å². The average Bonchev–Trinajstić information content (AvgIpc) is 2.73. The molecule has 3 rings (SSSR count). The average molecular weight is 419 g/mol. The summed E-state index contributed by atoms with van der Waals surface area (Å²) in [6.45, 7) is 2.40. The first kappa shape index (κ1) is 20.9. The first-order valence-electron chi connectivity index (χ1n) is 9.47. The van der Waals surface area contributed by atoms with E-state index in [1.165, 1.54) is 9.87 Å². The van der Waals surface area contributed by atoms with Gasteiger partial charge in [0.25, 0.3) is 0 Å². The van der Waals surface area contributed by atoms with E-state index in [0.717, 1.165) is 22.6 Å². The van der Waals surface area contributed by atoms with Crippen molar-refractivity contribution in [3.8, 4) is 0 Å². The van der Waals surface area contributed by atoms with Crippen molar-refractivity contribution in [2.75, 3.05) is 18.1 Å². The Morgan fingerprint density at radius 3 is 2.50 bits per heavy atom. The van der Waals surface area contributed by atoms with E-state index >= 15 is 0 Å². The molecule has 0 radical (unpaired) electrons. The summed E-state index contributed by atoms with van der Waals surface area (Å²) in [6, 6.07) is 17.2. The fourth-order valence-corrected chi connectivity index (χ4v) is 5.35. The van der Waals surface area contributed by atoms with Crippen molar-refractivity contribution >= 4 is 27.7 Å². The predicted octanol–water partition coefficient (Wildman–Crippen LogP) is 2.81. The van der Waals surface area contributed by atoms with E-state index in [4.69, 9.17) is 0 Å². The lowest BCUT2D eigenvalue weighted by Gasteiger charge is -2.34. The van der Waals surface area contributed by atoms with E-state index in [9.17, 15) is 13.2 Å². The third-order valence-electron chi connectivity index (χ3n) is 4.89. The SMILES string of the molecule is CCS(=O)(=O)N1Cc2ccccc2C[C@@H]1C(=O)NCCSCc1ccccc1. The number of rotatable bonds is 8. The van der Waals surface area contributed by atoms with Gasteiger partial charge in [0.2, 0.25) is 15.9 Å². The second kappa shape index (κ2) is 9.58. The van der Waals surface area contributed by atoms with Crippen LogP contribution in [0.3, 0.4) is 0 Å². The van der Waals surface area contributed by atoms with Gasteiger partial charge >= 0.3 is 0 Å². The molecule has 7 heteroatoms. The van der Waals surface area contributed by atoms with Gasteiger partial charge in [0, 0.05) is 24.6 Å². The zero-order valence-corrected chi connectivity index (χ0v) is 17.6. The minimum atomic E-state index is -3.46. The van der Waals surface area contributed by atoms with Crippen LogP contribution in [0.25, 0.3) is 0 Å². The maximum Gasteiger partial charge on any atom is 0.238 e. The highest BCUT2D eigenvalue weighted by atomic mass is 32.2. The molecule has 1 aliphatic heterocycles. The van der Waals surface area contributed by atoms with Crippen molar-refractivity contribution in [3.63, 3.8) is 0 Å². The summed E-state index contributed by atoms with van der Waals surface area (Å²) in [5, 5.41) is 2.93. The fourth-order valence-electron chi connectivity index (χ4n) is 3.31. The van der Waals surface area contributed by atoms with Crippen molar-refractivity contribution in [3.05, 3.63) is 71.3 Å². The number of nitrogens with zero attached hydrogens (tertiary/aromatic N) is 1. The highest BCUT2D eigenvalue weighted by Crippen LogP contribution is 2.26. The number of carbonyl (C=O) groups excluding carboxylic acids is 1. The van der Waals surface area contributed by atoms with Crippen LogP contribution in [0.15, 0.2) is 54.6 Å². The molecule has 1 amide bonds. The molecule has 2 aromatic carbocycles. The van der Waals surface area contributed by atoms with E-state index in [1.54, 1.807) is 18.7 Å². The standard InChI is InChI=1S/C21H26N2O3S2/c1-2-28(25,26)23-15-19-11-7-6-10-18(19)14-20(23)21(24)22-12-13-27-16-17-8-4-3-5-9-17/h3-11,20H,2,12-16H2,1H3,(H,22,24)/t20-/m1/s1. The predicted molar refractivity (Wildman–Crippen MR) is 115 cm³/mol. The molecule has 1 aliphatic rings. The van der Waals surface area contributed by atoms with Gasteiger partial charge in [0.15, 0.2) is 0 Å². The van der Waals surface area contributed by atoms with E-state index in [0.29, 0.717) is 13.0 Å². The van der Waals surface area contributed by atoms with Gasteiger partial charge in [-0.3, -0.25) is 4.79 Å². The third-order valence-corrected chi connectivity index (χ3v) is 7.75. The molecule has 0 saturated heterocycles. The van der Waals surface area contributed by atoms with Crippen LogP contribution in [0, 0.1) is 0 Å². The Hall–Kier alpha value is -1.83. The van der Waals surface area contributed by atoms with Gasteiger partial charge in [-0.2, -0.15) is 16.1 Å². The number of fused-ring (bicyclic) bond motifs is 1. The number of hydrogen-bond acceptors (Lipinski definition) is 4. The number of amides is 1. The number of sulfonamides is 1. The summed E-state index contributed by atoms with van der Waals surface area (Å²) in [5.74, 6) is 1.45. The first-order valence-corrected chi connectivity index (χ1v) is 12.2. The van der Waals surface area contributed by atoms with Crippen LogP contribution in [-0.4, -0.2) is 42.7 Å². The number of hydrogen-bond donors (Lipinski definition) is 1. The molecule has 28 heavy (non-hydrogen) atoms. The van der Waals surface area contributed by atoms with Crippen molar-refractivity contribution in [2.24, 2.45) is 0 Å². The Morgan fingerprint density at radius 1 is 1.11 bits per heavy atom. The van der Waals surface area contributed by atoms with Crippen molar-refractivity contribution < 1.29 is 13.2 Å². The zero-order valence-electron chi connectivity index (χ0n) is 16.0. The molecule has 0 aliphatic carbocycles. The molecule has 0 saturated carbocycles. The molecule has 2 aromatic rings. The molecule has 0 aromatic heterocycles. The second-order valence-electron chi connectivity index (χ2n) is 6.76. The summed E-state index contributed by atoms with van der Waals surface area (Å²) >= 11 is 1.75. The molecule has 0 fully saturated rings. The van der Waals surface area contributed by atoms with Crippen LogP contribution in [0.5, 0.6) is 0 Å². The fraction of sp³-hybridized carbons (Fsp3) is 0.381. The molecule has 0 spiro atoms. The molecule has 0 unspecified atom stereocenters. The summed E-state index contributed by atoms with van der Waals surface area (Å²) in [4.78, 5) is 12.8. The van der Waals surface area contributed by atoms with Crippen LogP contribution < -0.4 is 5.32 Å². The molecular weight excluding hydrogens is 392 g/mol. The molecule has 150 valence electrons. The normalized spacial score (nSPS) is 17.1. The van der Waals surface area contributed by atoms with E-state index in [2.05, 4.69) is 17.4 Å². The number of nitrogens with one attached hydrogen (secondary N) is 1. The monoisotopic (exact) mass is 418 g/mol. The summed E-state index contributed by atoms with van der Waals surface area (Å²) < 4.78 is 26.5. The Bertz CT molecular complexity index is 901. The van der Waals surface area contributed by atoms with Crippen molar-refractivity contribution in [1.82, 2.24) is 9.62 Å². The Balaban J connectivity index is 1.58. The van der Waals surface area contributed by atoms with Gasteiger partial charge in [0.05, 0.1) is 5.75 Å². The van der Waals surface area contributed by atoms with Crippen molar-refractivity contribution in [1.29, 1.82) is 0 Å².